The Labute approximate surface area is 168 Å². The number of carbonyl (C=O) groups excluding carboxylic acids is 1. The number of hydrogen-bond donors (Lipinski definition) is 2. The van der Waals surface area contributed by atoms with E-state index in [1.807, 2.05) is 42.5 Å². The van der Waals surface area contributed by atoms with Gasteiger partial charge in [-0.05, 0) is 11.6 Å². The number of nitrogens with zero attached hydrogens (tertiary/aromatic N) is 3. The van der Waals surface area contributed by atoms with Crippen molar-refractivity contribution in [2.24, 2.45) is 0 Å². The van der Waals surface area contributed by atoms with E-state index in [1.54, 1.807) is 12.4 Å². The molecule has 1 aromatic carbocycles. The van der Waals surface area contributed by atoms with Crippen LogP contribution in [0.2, 0.25) is 0 Å². The van der Waals surface area contributed by atoms with Gasteiger partial charge in [-0.25, -0.2) is 14.8 Å². The summed E-state index contributed by atoms with van der Waals surface area (Å²) < 4.78 is 11.0. The molecule has 2 aromatic heterocycles. The lowest BCUT2D eigenvalue weighted by Gasteiger charge is -2.27. The Kier molecular flexibility index (Phi) is 6.01. The summed E-state index contributed by atoms with van der Waals surface area (Å²) in [6.45, 7) is 3.75. The summed E-state index contributed by atoms with van der Waals surface area (Å²) in [6.07, 6.45) is 3.44. The molecule has 8 nitrogen and oxygen atoms in total. The van der Waals surface area contributed by atoms with E-state index in [2.05, 4.69) is 25.5 Å². The summed E-state index contributed by atoms with van der Waals surface area (Å²) in [5.41, 5.74) is 1.88. The molecule has 3 heterocycles. The summed E-state index contributed by atoms with van der Waals surface area (Å²) in [6, 6.07) is 13.4. The van der Waals surface area contributed by atoms with Gasteiger partial charge in [-0.2, -0.15) is 0 Å². The summed E-state index contributed by atoms with van der Waals surface area (Å²) in [5.74, 6) is 2.06. The van der Waals surface area contributed by atoms with Crippen LogP contribution in [-0.2, 0) is 17.8 Å². The number of urea groups is 1. The van der Waals surface area contributed by atoms with E-state index in [1.165, 1.54) is 0 Å². The zero-order chi connectivity index (χ0) is 19.9. The van der Waals surface area contributed by atoms with Gasteiger partial charge >= 0.3 is 6.03 Å². The van der Waals surface area contributed by atoms with Crippen molar-refractivity contribution in [3.05, 3.63) is 66.3 Å². The second-order valence-electron chi connectivity index (χ2n) is 6.64. The lowest BCUT2D eigenvalue weighted by Crippen LogP contribution is -2.36. The van der Waals surface area contributed by atoms with Gasteiger partial charge in [0.05, 0.1) is 26.0 Å². The average molecular weight is 393 g/mol. The number of ether oxygens (including phenoxy) is 1. The van der Waals surface area contributed by atoms with Crippen LogP contribution in [0.25, 0.3) is 11.3 Å². The fourth-order valence-electron chi connectivity index (χ4n) is 3.03. The number of benzene rings is 1. The molecule has 0 saturated carbocycles. The van der Waals surface area contributed by atoms with Crippen molar-refractivity contribution >= 4 is 11.8 Å². The molecule has 0 spiro atoms. The van der Waals surface area contributed by atoms with Crippen LogP contribution in [0, 0.1) is 0 Å². The van der Waals surface area contributed by atoms with Crippen LogP contribution in [0.15, 0.2) is 59.3 Å². The summed E-state index contributed by atoms with van der Waals surface area (Å²) >= 11 is 0. The molecule has 8 heteroatoms. The highest BCUT2D eigenvalue weighted by Gasteiger charge is 2.12. The molecule has 4 rings (SSSR count). The molecular formula is C21H23N5O3. The van der Waals surface area contributed by atoms with Crippen LogP contribution >= 0.6 is 0 Å². The fraction of sp³-hybridized carbons (Fsp3) is 0.286. The number of hydrogen-bond acceptors (Lipinski definition) is 6. The number of pyridine rings is 1. The standard InChI is InChI=1S/C21H23N5O3/c27-21(25-15-20-23-14-18(29-20)17-4-2-1-3-5-17)24-13-16-6-7-19(22-12-16)26-8-10-28-11-9-26/h1-7,12,14H,8-11,13,15H2,(H2,24,25,27). The second kappa shape index (κ2) is 9.20. The number of carbonyl (C=O) groups is 1. The predicted octanol–water partition coefficient (Wildman–Crippen LogP) is 2.57. The maximum Gasteiger partial charge on any atom is 0.315 e. The predicted molar refractivity (Wildman–Crippen MR) is 108 cm³/mol. The molecule has 0 radical (unpaired) electrons. The van der Waals surface area contributed by atoms with Gasteiger partial charge in [0, 0.05) is 31.4 Å². The fourth-order valence-corrected chi connectivity index (χ4v) is 3.03. The lowest BCUT2D eigenvalue weighted by molar-refractivity contribution is 0.122. The van der Waals surface area contributed by atoms with E-state index in [9.17, 15) is 4.79 Å². The Morgan fingerprint density at radius 2 is 1.76 bits per heavy atom. The van der Waals surface area contributed by atoms with Crippen LogP contribution in [0.1, 0.15) is 11.5 Å². The first-order valence-corrected chi connectivity index (χ1v) is 9.57. The third kappa shape index (κ3) is 5.11. The Morgan fingerprint density at radius 1 is 0.966 bits per heavy atom. The minimum atomic E-state index is -0.290. The lowest BCUT2D eigenvalue weighted by atomic mass is 10.2. The van der Waals surface area contributed by atoms with Crippen molar-refractivity contribution < 1.29 is 13.9 Å². The molecule has 1 fully saturated rings. The molecule has 0 bridgehead atoms. The topological polar surface area (TPSA) is 92.5 Å². The third-order valence-corrected chi connectivity index (χ3v) is 4.61. The summed E-state index contributed by atoms with van der Waals surface area (Å²) in [4.78, 5) is 22.9. The first-order chi connectivity index (χ1) is 14.3. The monoisotopic (exact) mass is 393 g/mol. The van der Waals surface area contributed by atoms with Crippen molar-refractivity contribution in [2.75, 3.05) is 31.2 Å². The van der Waals surface area contributed by atoms with E-state index in [4.69, 9.17) is 9.15 Å². The van der Waals surface area contributed by atoms with Crippen LogP contribution in [0.5, 0.6) is 0 Å². The molecule has 3 aromatic rings. The van der Waals surface area contributed by atoms with Gasteiger partial charge < -0.3 is 24.7 Å². The van der Waals surface area contributed by atoms with Crippen LogP contribution in [-0.4, -0.2) is 42.3 Å². The Hall–Kier alpha value is -3.39. The van der Waals surface area contributed by atoms with Crippen molar-refractivity contribution in [3.63, 3.8) is 0 Å². The minimum absolute atomic E-state index is 0.215. The number of aromatic nitrogens is 2. The number of morpholine rings is 1. The van der Waals surface area contributed by atoms with Crippen LogP contribution in [0.3, 0.4) is 0 Å². The molecule has 0 atom stereocenters. The normalized spacial score (nSPS) is 13.9. The third-order valence-electron chi connectivity index (χ3n) is 4.61. The van der Waals surface area contributed by atoms with Crippen LogP contribution in [0.4, 0.5) is 10.6 Å². The Balaban J connectivity index is 1.22. The molecule has 0 unspecified atom stereocenters. The maximum atomic E-state index is 12.0. The highest BCUT2D eigenvalue weighted by molar-refractivity contribution is 5.73. The molecule has 2 N–H and O–H groups in total. The minimum Gasteiger partial charge on any atom is -0.439 e. The van der Waals surface area contributed by atoms with Crippen molar-refractivity contribution in [3.8, 4) is 11.3 Å². The number of oxazole rings is 1. The van der Waals surface area contributed by atoms with Gasteiger partial charge in [0.25, 0.3) is 0 Å². The Bertz CT molecular complexity index is 921. The van der Waals surface area contributed by atoms with E-state index >= 15 is 0 Å². The van der Waals surface area contributed by atoms with Gasteiger partial charge in [0.15, 0.2) is 5.76 Å². The molecule has 1 saturated heterocycles. The smallest absolute Gasteiger partial charge is 0.315 e. The van der Waals surface area contributed by atoms with Crippen molar-refractivity contribution in [2.45, 2.75) is 13.1 Å². The quantitative estimate of drug-likeness (QED) is 0.669. The number of rotatable bonds is 6. The van der Waals surface area contributed by atoms with Gasteiger partial charge in [-0.1, -0.05) is 36.4 Å². The van der Waals surface area contributed by atoms with Crippen molar-refractivity contribution in [1.82, 2.24) is 20.6 Å². The second-order valence-corrected chi connectivity index (χ2v) is 6.64. The molecule has 1 aliphatic heterocycles. The zero-order valence-electron chi connectivity index (χ0n) is 16.0. The van der Waals surface area contributed by atoms with Crippen LogP contribution < -0.4 is 15.5 Å². The zero-order valence-corrected chi connectivity index (χ0v) is 16.0. The number of amides is 2. The van der Waals surface area contributed by atoms with Gasteiger partial charge in [0.2, 0.25) is 5.89 Å². The first-order valence-electron chi connectivity index (χ1n) is 9.57. The van der Waals surface area contributed by atoms with E-state index in [-0.39, 0.29) is 12.6 Å². The van der Waals surface area contributed by atoms with E-state index < -0.39 is 0 Å². The largest absolute Gasteiger partial charge is 0.439 e. The average Bonchev–Trinajstić information content (AvgIpc) is 3.27. The van der Waals surface area contributed by atoms with Gasteiger partial charge in [-0.3, -0.25) is 0 Å². The SMILES string of the molecule is O=C(NCc1ccc(N2CCOCC2)nc1)NCc1ncc(-c2ccccc2)o1. The maximum absolute atomic E-state index is 12.0. The number of nitrogens with one attached hydrogen (secondary N) is 2. The van der Waals surface area contributed by atoms with Gasteiger partial charge in [-0.15, -0.1) is 0 Å². The molecule has 1 aliphatic rings. The molecule has 2 amide bonds. The molecule has 150 valence electrons. The molecular weight excluding hydrogens is 370 g/mol. The Morgan fingerprint density at radius 3 is 2.52 bits per heavy atom. The van der Waals surface area contributed by atoms with Crippen molar-refractivity contribution in [1.29, 1.82) is 0 Å². The molecule has 0 aliphatic carbocycles. The first kappa shape index (κ1) is 18.9. The van der Waals surface area contributed by atoms with Gasteiger partial charge in [0.1, 0.15) is 5.82 Å². The summed E-state index contributed by atoms with van der Waals surface area (Å²) in [5, 5.41) is 5.56. The highest BCUT2D eigenvalue weighted by atomic mass is 16.5. The molecule has 29 heavy (non-hydrogen) atoms. The number of anilines is 1. The highest BCUT2D eigenvalue weighted by Crippen LogP contribution is 2.19. The van der Waals surface area contributed by atoms with E-state index in [0.29, 0.717) is 18.2 Å². The summed E-state index contributed by atoms with van der Waals surface area (Å²) in [7, 11) is 0. The van der Waals surface area contributed by atoms with E-state index in [0.717, 1.165) is 43.2 Å².